The first-order valence-corrected chi connectivity index (χ1v) is 7.69. The van der Waals surface area contributed by atoms with Crippen molar-refractivity contribution < 1.29 is 5.11 Å². The van der Waals surface area contributed by atoms with E-state index in [1.807, 2.05) is 30.3 Å². The number of likely N-dealkylation sites (N-methyl/N-ethyl adjacent to an activating group) is 1. The molecule has 2 rings (SSSR count). The number of nitrogens with zero attached hydrogens (tertiary/aromatic N) is 1. The maximum absolute atomic E-state index is 10.5. The van der Waals surface area contributed by atoms with E-state index in [4.69, 9.17) is 0 Å². The molecule has 0 heterocycles. The molecule has 0 aromatic heterocycles. The van der Waals surface area contributed by atoms with Crippen LogP contribution in [0.2, 0.25) is 0 Å². The van der Waals surface area contributed by atoms with Crippen LogP contribution in [0.1, 0.15) is 43.9 Å². The van der Waals surface area contributed by atoms with Crippen molar-refractivity contribution in [2.75, 3.05) is 18.0 Å². The molecule has 2 heteroatoms. The molecule has 112 valence electrons. The van der Waals surface area contributed by atoms with Gasteiger partial charge in [-0.25, -0.2) is 0 Å². The van der Waals surface area contributed by atoms with Gasteiger partial charge in [-0.2, -0.15) is 0 Å². The topological polar surface area (TPSA) is 23.5 Å². The van der Waals surface area contributed by atoms with E-state index < -0.39 is 6.10 Å². The number of aliphatic hydroxyl groups excluding tert-OH is 1. The second kappa shape index (κ2) is 7.28. The monoisotopic (exact) mass is 283 g/mol. The molecule has 2 aromatic carbocycles. The second-order valence-electron chi connectivity index (χ2n) is 5.71. The molecule has 0 radical (unpaired) electrons. The molecular weight excluding hydrogens is 258 g/mol. The molecule has 2 nitrogen and oxygen atoms in total. The molecule has 0 aliphatic heterocycles. The van der Waals surface area contributed by atoms with E-state index in [1.165, 1.54) is 5.56 Å². The second-order valence-corrected chi connectivity index (χ2v) is 5.71. The first kappa shape index (κ1) is 15.6. The largest absolute Gasteiger partial charge is 0.387 e. The molecule has 0 amide bonds. The van der Waals surface area contributed by atoms with Gasteiger partial charge in [-0.05, 0) is 36.1 Å². The average Bonchev–Trinajstić information content (AvgIpc) is 2.53. The quantitative estimate of drug-likeness (QED) is 0.851. The SMILES string of the molecule is CCN(CC(O)c1ccc(C(C)C)cc1)c1ccccc1. The lowest BCUT2D eigenvalue weighted by Gasteiger charge is -2.26. The minimum Gasteiger partial charge on any atom is -0.387 e. The number of para-hydroxylation sites is 1. The highest BCUT2D eigenvalue weighted by Gasteiger charge is 2.13. The smallest absolute Gasteiger partial charge is 0.0964 e. The van der Waals surface area contributed by atoms with Crippen molar-refractivity contribution >= 4 is 5.69 Å². The molecule has 0 saturated carbocycles. The van der Waals surface area contributed by atoms with Crippen LogP contribution >= 0.6 is 0 Å². The Morgan fingerprint density at radius 2 is 1.48 bits per heavy atom. The highest BCUT2D eigenvalue weighted by molar-refractivity contribution is 5.46. The Labute approximate surface area is 128 Å². The van der Waals surface area contributed by atoms with Crippen LogP contribution in [0.15, 0.2) is 54.6 Å². The van der Waals surface area contributed by atoms with Crippen LogP contribution in [0.3, 0.4) is 0 Å². The number of anilines is 1. The summed E-state index contributed by atoms with van der Waals surface area (Å²) in [6, 6.07) is 18.5. The number of rotatable bonds is 6. The summed E-state index contributed by atoms with van der Waals surface area (Å²) >= 11 is 0. The lowest BCUT2D eigenvalue weighted by atomic mass is 10.00. The van der Waals surface area contributed by atoms with Gasteiger partial charge in [0.1, 0.15) is 0 Å². The van der Waals surface area contributed by atoms with Crippen molar-refractivity contribution in [1.29, 1.82) is 0 Å². The van der Waals surface area contributed by atoms with Crippen LogP contribution in [0.25, 0.3) is 0 Å². The van der Waals surface area contributed by atoms with Gasteiger partial charge >= 0.3 is 0 Å². The van der Waals surface area contributed by atoms with Crippen LogP contribution in [0.4, 0.5) is 5.69 Å². The standard InChI is InChI=1S/C19H25NO/c1-4-20(18-8-6-5-7-9-18)14-19(21)17-12-10-16(11-13-17)15(2)3/h5-13,15,19,21H,4,14H2,1-3H3. The van der Waals surface area contributed by atoms with Crippen molar-refractivity contribution in [3.63, 3.8) is 0 Å². The molecule has 1 atom stereocenters. The Hall–Kier alpha value is -1.80. The molecule has 0 saturated heterocycles. The van der Waals surface area contributed by atoms with Gasteiger partial charge in [0.2, 0.25) is 0 Å². The molecule has 0 spiro atoms. The van der Waals surface area contributed by atoms with Crippen molar-refractivity contribution in [2.24, 2.45) is 0 Å². The first-order chi connectivity index (χ1) is 10.1. The normalized spacial score (nSPS) is 12.4. The van der Waals surface area contributed by atoms with Gasteiger partial charge in [-0.3, -0.25) is 0 Å². The Kier molecular flexibility index (Phi) is 5.40. The van der Waals surface area contributed by atoms with E-state index in [9.17, 15) is 5.11 Å². The van der Waals surface area contributed by atoms with Crippen molar-refractivity contribution in [1.82, 2.24) is 0 Å². The Bertz CT molecular complexity index is 533. The van der Waals surface area contributed by atoms with Crippen LogP contribution in [-0.4, -0.2) is 18.2 Å². The van der Waals surface area contributed by atoms with E-state index in [0.29, 0.717) is 12.5 Å². The summed E-state index contributed by atoms with van der Waals surface area (Å²) in [7, 11) is 0. The molecular formula is C19H25NO. The van der Waals surface area contributed by atoms with Crippen LogP contribution in [-0.2, 0) is 0 Å². The predicted molar refractivity (Wildman–Crippen MR) is 89.8 cm³/mol. The molecule has 0 aliphatic rings. The van der Waals surface area contributed by atoms with E-state index in [1.54, 1.807) is 0 Å². The van der Waals surface area contributed by atoms with Crippen LogP contribution in [0.5, 0.6) is 0 Å². The number of hydrogen-bond acceptors (Lipinski definition) is 2. The molecule has 2 aromatic rings. The predicted octanol–water partition coefficient (Wildman–Crippen LogP) is 4.37. The van der Waals surface area contributed by atoms with Gasteiger partial charge < -0.3 is 10.0 Å². The highest BCUT2D eigenvalue weighted by atomic mass is 16.3. The van der Waals surface area contributed by atoms with Gasteiger partial charge in [0, 0.05) is 18.8 Å². The minimum absolute atomic E-state index is 0.466. The van der Waals surface area contributed by atoms with E-state index in [0.717, 1.165) is 17.8 Å². The molecule has 1 unspecified atom stereocenters. The van der Waals surface area contributed by atoms with Crippen molar-refractivity contribution in [3.05, 3.63) is 65.7 Å². The molecule has 0 aliphatic carbocycles. The van der Waals surface area contributed by atoms with Gasteiger partial charge in [-0.15, -0.1) is 0 Å². The van der Waals surface area contributed by atoms with Crippen molar-refractivity contribution in [2.45, 2.75) is 32.8 Å². The zero-order valence-electron chi connectivity index (χ0n) is 13.2. The zero-order chi connectivity index (χ0) is 15.2. The third kappa shape index (κ3) is 4.08. The lowest BCUT2D eigenvalue weighted by Crippen LogP contribution is -2.28. The van der Waals surface area contributed by atoms with E-state index >= 15 is 0 Å². The molecule has 1 N–H and O–H groups in total. The van der Waals surface area contributed by atoms with E-state index in [-0.39, 0.29) is 0 Å². The van der Waals surface area contributed by atoms with Gasteiger partial charge in [0.05, 0.1) is 6.10 Å². The summed E-state index contributed by atoms with van der Waals surface area (Å²) in [5, 5.41) is 10.5. The first-order valence-electron chi connectivity index (χ1n) is 7.69. The molecule has 0 fully saturated rings. The van der Waals surface area contributed by atoms with E-state index in [2.05, 4.69) is 49.9 Å². The summed E-state index contributed by atoms with van der Waals surface area (Å²) in [5.74, 6) is 0.521. The Morgan fingerprint density at radius 1 is 0.905 bits per heavy atom. The van der Waals surface area contributed by atoms with Gasteiger partial charge in [0.25, 0.3) is 0 Å². The fraction of sp³-hybridized carbons (Fsp3) is 0.368. The summed E-state index contributed by atoms with van der Waals surface area (Å²) in [6.45, 7) is 7.97. The molecule has 21 heavy (non-hydrogen) atoms. The van der Waals surface area contributed by atoms with Crippen LogP contribution in [0, 0.1) is 0 Å². The van der Waals surface area contributed by atoms with Crippen LogP contribution < -0.4 is 4.90 Å². The summed E-state index contributed by atoms with van der Waals surface area (Å²) in [5.41, 5.74) is 3.44. The maximum atomic E-state index is 10.5. The summed E-state index contributed by atoms with van der Waals surface area (Å²) < 4.78 is 0. The molecule has 0 bridgehead atoms. The maximum Gasteiger partial charge on any atom is 0.0964 e. The summed E-state index contributed by atoms with van der Waals surface area (Å²) in [6.07, 6.45) is -0.466. The lowest BCUT2D eigenvalue weighted by molar-refractivity contribution is 0.183. The highest BCUT2D eigenvalue weighted by Crippen LogP contribution is 2.21. The third-order valence-corrected chi connectivity index (χ3v) is 3.88. The van der Waals surface area contributed by atoms with Crippen molar-refractivity contribution in [3.8, 4) is 0 Å². The summed E-state index contributed by atoms with van der Waals surface area (Å²) in [4.78, 5) is 2.20. The number of benzene rings is 2. The van der Waals surface area contributed by atoms with Gasteiger partial charge in [0.15, 0.2) is 0 Å². The number of hydrogen-bond donors (Lipinski definition) is 1. The number of aliphatic hydroxyl groups is 1. The Balaban J connectivity index is 2.07. The minimum atomic E-state index is -0.466. The van der Waals surface area contributed by atoms with Gasteiger partial charge in [-0.1, -0.05) is 56.3 Å². The fourth-order valence-electron chi connectivity index (χ4n) is 2.47. The Morgan fingerprint density at radius 3 is 2.00 bits per heavy atom. The zero-order valence-corrected chi connectivity index (χ0v) is 13.2. The fourth-order valence-corrected chi connectivity index (χ4v) is 2.47. The third-order valence-electron chi connectivity index (χ3n) is 3.88. The average molecular weight is 283 g/mol.